The van der Waals surface area contributed by atoms with Crippen molar-refractivity contribution in [2.75, 3.05) is 55.2 Å². The molecule has 432 valence electrons. The van der Waals surface area contributed by atoms with Crippen molar-refractivity contribution in [3.8, 4) is 11.1 Å². The van der Waals surface area contributed by atoms with Crippen molar-refractivity contribution in [3.05, 3.63) is 143 Å². The second kappa shape index (κ2) is 27.8. The Kier molecular flexibility index (Phi) is 21.5. The monoisotopic (exact) mass is 1160 g/mol. The van der Waals surface area contributed by atoms with E-state index in [4.69, 9.17) is 16.3 Å². The van der Waals surface area contributed by atoms with E-state index in [0.717, 1.165) is 106 Å². The maximum Gasteiger partial charge on any atom is 0.411 e. The molecule has 0 atom stereocenters. The van der Waals surface area contributed by atoms with Gasteiger partial charge in [0.05, 0.1) is 26.8 Å². The van der Waals surface area contributed by atoms with Gasteiger partial charge < -0.3 is 19.9 Å². The van der Waals surface area contributed by atoms with E-state index in [1.54, 1.807) is 12.1 Å². The van der Waals surface area contributed by atoms with E-state index >= 15 is 0 Å². The van der Waals surface area contributed by atoms with Crippen LogP contribution in [0.25, 0.3) is 11.1 Å². The van der Waals surface area contributed by atoms with Gasteiger partial charge in [-0.2, -0.15) is 21.4 Å². The van der Waals surface area contributed by atoms with Gasteiger partial charge in [0.2, 0.25) is 11.6 Å². The highest BCUT2D eigenvalue weighted by Gasteiger charge is 2.44. The molecule has 19 heteroatoms. The number of fused-ring (bicyclic) bond motifs is 2. The third kappa shape index (κ3) is 16.7. The minimum Gasteiger partial charge on any atom is -0.446 e. The fourth-order valence-electron chi connectivity index (χ4n) is 11.1. The summed E-state index contributed by atoms with van der Waals surface area (Å²) in [4.78, 5) is 30.1. The zero-order valence-electron chi connectivity index (χ0n) is 46.4. The number of piperidine rings is 1. The van der Waals surface area contributed by atoms with Crippen LogP contribution >= 0.6 is 11.6 Å². The fraction of sp³-hybridized carbons (Fsp3) is 0.459. The van der Waals surface area contributed by atoms with Crippen LogP contribution in [0.2, 0.25) is 5.02 Å². The molecule has 2 amide bonds. The van der Waals surface area contributed by atoms with Gasteiger partial charge in [-0.05, 0) is 131 Å². The van der Waals surface area contributed by atoms with Gasteiger partial charge >= 0.3 is 6.09 Å². The number of hydrogen-bond donors (Lipinski definition) is 4. The van der Waals surface area contributed by atoms with E-state index < -0.39 is 43.4 Å². The molecule has 0 saturated carbocycles. The number of amides is 2. The van der Waals surface area contributed by atoms with Crippen molar-refractivity contribution in [2.24, 2.45) is 0 Å². The molecule has 3 heterocycles. The molecule has 4 aromatic rings. The van der Waals surface area contributed by atoms with Crippen molar-refractivity contribution in [1.82, 2.24) is 10.2 Å². The average molecular weight is 1160 g/mol. The van der Waals surface area contributed by atoms with Crippen LogP contribution in [-0.4, -0.2) is 104 Å². The van der Waals surface area contributed by atoms with Gasteiger partial charge in [-0.25, -0.2) is 13.6 Å². The Bertz CT molecular complexity index is 3210. The van der Waals surface area contributed by atoms with E-state index in [0.29, 0.717) is 68.6 Å². The Morgan fingerprint density at radius 1 is 0.775 bits per heavy atom. The van der Waals surface area contributed by atoms with Crippen LogP contribution in [0.1, 0.15) is 129 Å². The Morgan fingerprint density at radius 3 is 2.23 bits per heavy atom. The zero-order valence-corrected chi connectivity index (χ0v) is 48.8. The molecule has 4 N–H and O–H groups in total. The van der Waals surface area contributed by atoms with Crippen LogP contribution in [0.5, 0.6) is 0 Å². The average Bonchev–Trinajstić information content (AvgIpc) is 3.76. The lowest BCUT2D eigenvalue weighted by atomic mass is 9.81. The molecule has 0 spiro atoms. The number of unbranched alkanes of at least 4 members (excludes halogenated alkanes) is 8. The summed E-state index contributed by atoms with van der Waals surface area (Å²) in [5.41, 5.74) is 6.17. The quantitative estimate of drug-likeness (QED) is 0.0193. The number of para-hydroxylation sites is 1. The topological polar surface area (TPSA) is 186 Å². The third-order valence-corrected chi connectivity index (χ3v) is 17.4. The van der Waals surface area contributed by atoms with Gasteiger partial charge in [0.1, 0.15) is 24.3 Å². The number of allylic oxidation sites excluding steroid dienone is 6. The number of likely N-dealkylation sites (tertiary alicyclic amines) is 1. The van der Waals surface area contributed by atoms with Crippen molar-refractivity contribution in [2.45, 2.75) is 139 Å². The molecule has 14 nitrogen and oxygen atoms in total. The summed E-state index contributed by atoms with van der Waals surface area (Å²) < 4.78 is 102. The molecule has 0 radical (unpaired) electrons. The van der Waals surface area contributed by atoms with Crippen LogP contribution in [0.4, 0.5) is 30.6 Å². The highest BCUT2D eigenvalue weighted by Crippen LogP contribution is 2.49. The molecule has 1 fully saturated rings. The van der Waals surface area contributed by atoms with Crippen molar-refractivity contribution in [3.63, 3.8) is 0 Å². The number of ether oxygens (including phenoxy) is 1. The van der Waals surface area contributed by atoms with E-state index in [2.05, 4.69) is 57.1 Å². The lowest BCUT2D eigenvalue weighted by Crippen LogP contribution is -2.38. The Labute approximate surface area is 476 Å². The normalized spacial score (nSPS) is 17.0. The summed E-state index contributed by atoms with van der Waals surface area (Å²) in [7, 11) is -8.47. The first-order valence-electron chi connectivity index (χ1n) is 27.9. The van der Waals surface area contributed by atoms with Gasteiger partial charge in [0.25, 0.3) is 20.2 Å². The molecule has 3 aliphatic rings. The first-order valence-corrected chi connectivity index (χ1v) is 31.3. The number of carbonyl (C=O) groups is 2. The van der Waals surface area contributed by atoms with E-state index in [9.17, 15) is 44.3 Å². The van der Waals surface area contributed by atoms with Crippen molar-refractivity contribution in [1.29, 1.82) is 0 Å². The zero-order chi connectivity index (χ0) is 57.7. The highest BCUT2D eigenvalue weighted by molar-refractivity contribution is 7.86. The Balaban J connectivity index is 0.794. The van der Waals surface area contributed by atoms with Crippen LogP contribution < -0.4 is 15.5 Å². The molecule has 3 aliphatic heterocycles. The first kappa shape index (κ1) is 61.9. The summed E-state index contributed by atoms with van der Waals surface area (Å²) in [6, 6.07) is 20.9. The molecule has 80 heavy (non-hydrogen) atoms. The second-order valence-electron chi connectivity index (χ2n) is 22.1. The number of hydrogen-bond acceptors (Lipinski definition) is 9. The van der Waals surface area contributed by atoms with Crippen molar-refractivity contribution < 1.29 is 53.6 Å². The summed E-state index contributed by atoms with van der Waals surface area (Å²) >= 11 is 5.96. The number of halogens is 3. The summed E-state index contributed by atoms with van der Waals surface area (Å²) in [5.74, 6) is -1.34. The molecule has 7 rings (SSSR count). The second-order valence-corrected chi connectivity index (χ2v) is 25.5. The van der Waals surface area contributed by atoms with E-state index in [1.807, 2.05) is 50.3 Å². The summed E-state index contributed by atoms with van der Waals surface area (Å²) in [5, 5.41) is 5.70. The third-order valence-electron chi connectivity index (χ3n) is 15.5. The van der Waals surface area contributed by atoms with Gasteiger partial charge in [-0.3, -0.25) is 19.2 Å². The largest absolute Gasteiger partial charge is 0.446 e. The lowest BCUT2D eigenvalue weighted by Gasteiger charge is -2.31. The molecule has 0 unspecified atom stereocenters. The highest BCUT2D eigenvalue weighted by atomic mass is 35.5. The number of nitrogens with zero attached hydrogens (tertiary/aromatic N) is 3. The Morgan fingerprint density at radius 2 is 1.49 bits per heavy atom. The Hall–Kier alpha value is -5.76. The predicted molar refractivity (Wildman–Crippen MR) is 313 cm³/mol. The number of nitrogens with one attached hydrogen (secondary N) is 2. The minimum atomic E-state index is -4.43. The maximum absolute atomic E-state index is 14.1. The minimum absolute atomic E-state index is 0.0434. The van der Waals surface area contributed by atoms with Crippen LogP contribution in [0.15, 0.2) is 120 Å². The van der Waals surface area contributed by atoms with Gasteiger partial charge in [0.15, 0.2) is 5.71 Å². The standard InChI is InChI=1S/C61H76ClF2N5O9S2/c1-60(2)49-21-14-15-22-54(49)68(37-19-20-40-79(72,73)74)56(60)23-11-9-12-24-57-61(3,4)50-43-47(80(75,76)77)28-31-55(50)69(57)36-18-10-13-25-58(70)65-34-16-7-5-6-8-17-35-67-38-32-46(33-39-67)78-59(71)66-53-30-27-45(63)42-48(53)44-26-29-52(64)51(62)41-44/h9,11-12,14-15,21-24,26-31,41-43,46H,5-8,10,13,16-20,25,32-40H2,1-4H3,(H3-,65,66,70,71,72,73,74,75,76,77)/p+1. The molecule has 0 aliphatic carbocycles. The van der Waals surface area contributed by atoms with Gasteiger partial charge in [-0.15, -0.1) is 0 Å². The van der Waals surface area contributed by atoms with Gasteiger partial charge in [0, 0.05) is 79.1 Å². The molecule has 0 aromatic heterocycles. The van der Waals surface area contributed by atoms with Gasteiger partial charge in [-0.1, -0.05) is 100 Å². The molecule has 1 saturated heterocycles. The number of benzene rings is 4. The van der Waals surface area contributed by atoms with Crippen LogP contribution in [0, 0.1) is 11.6 Å². The fourth-order valence-corrected chi connectivity index (χ4v) is 12.4. The summed E-state index contributed by atoms with van der Waals surface area (Å²) in [6.07, 6.45) is 20.6. The van der Waals surface area contributed by atoms with Crippen LogP contribution in [0.3, 0.4) is 0 Å². The summed E-state index contributed by atoms with van der Waals surface area (Å²) in [6.45, 7) is 12.9. The first-order chi connectivity index (χ1) is 38.0. The number of carbonyl (C=O) groups excluding carboxylic acids is 2. The smallest absolute Gasteiger partial charge is 0.411 e. The molecular formula is C61H77ClF2N5O9S2+. The predicted octanol–water partition coefficient (Wildman–Crippen LogP) is 13.1. The molecule has 4 aromatic carbocycles. The lowest BCUT2D eigenvalue weighted by molar-refractivity contribution is -0.438. The van der Waals surface area contributed by atoms with E-state index in [1.165, 1.54) is 48.0 Å². The molecule has 0 bridgehead atoms. The van der Waals surface area contributed by atoms with E-state index in [-0.39, 0.29) is 33.1 Å². The number of anilines is 2. The van der Waals surface area contributed by atoms with Crippen molar-refractivity contribution >= 4 is 66.6 Å². The SMILES string of the molecule is CC1(C)C(/C=C/C=C/C=C2\N(CCCCCC(=O)NCCCCCCCCN3CCC(OC(=O)Nc4ccc(F)cc4-c4ccc(F)c(Cl)c4)CC3)c3ccc(S(=O)(=O)O)cc3C2(C)C)=[N+](CCCCS(=O)(=O)O)c2ccccc21. The maximum atomic E-state index is 14.1. The number of rotatable bonds is 27. The molecular weight excluding hydrogens is 1080 g/mol. The van der Waals surface area contributed by atoms with Crippen LogP contribution in [-0.2, 0) is 40.6 Å².